The second kappa shape index (κ2) is 2.90. The summed E-state index contributed by atoms with van der Waals surface area (Å²) < 4.78 is 16.2. The molecular weight excluding hydrogens is 174 g/mol. The predicted octanol–water partition coefficient (Wildman–Crippen LogP) is -0.818. The lowest BCUT2D eigenvalue weighted by Crippen LogP contribution is -2.34. The molecule has 13 heavy (non-hydrogen) atoms. The number of rotatable bonds is 1. The quantitative estimate of drug-likeness (QED) is 0.564. The molecule has 5 heteroatoms. The molecule has 4 atom stereocenters. The minimum atomic E-state index is -0.916. The average Bonchev–Trinajstić information content (AvgIpc) is 2.47. The molecule has 2 aliphatic rings. The Kier molecular flexibility index (Phi) is 2.08. The van der Waals surface area contributed by atoms with Gasteiger partial charge in [0.1, 0.15) is 18.3 Å². The van der Waals surface area contributed by atoms with E-state index in [0.717, 1.165) is 0 Å². The third-order valence-electron chi connectivity index (χ3n) is 2.36. The number of aliphatic hydroxyl groups excluding tert-OH is 1. The molecule has 0 spiro atoms. The van der Waals surface area contributed by atoms with Gasteiger partial charge in [-0.1, -0.05) is 0 Å². The van der Waals surface area contributed by atoms with E-state index in [-0.39, 0.29) is 12.2 Å². The number of ether oxygens (including phenoxy) is 3. The lowest BCUT2D eigenvalue weighted by molar-refractivity contribution is -0.218. The monoisotopic (exact) mass is 189 g/mol. The maximum atomic E-state index is 9.45. The van der Waals surface area contributed by atoms with Crippen molar-refractivity contribution in [3.05, 3.63) is 0 Å². The van der Waals surface area contributed by atoms with Gasteiger partial charge in [0.05, 0.1) is 0 Å². The van der Waals surface area contributed by atoms with Gasteiger partial charge in [-0.2, -0.15) is 0 Å². The minimum Gasteiger partial charge on any atom is -0.366 e. The molecule has 0 bridgehead atoms. The topological polar surface area (TPSA) is 73.9 Å². The fraction of sp³-hybridized carbons (Fsp3) is 1.00. The number of hydrogen-bond acceptors (Lipinski definition) is 5. The molecule has 2 saturated heterocycles. The van der Waals surface area contributed by atoms with Gasteiger partial charge in [-0.15, -0.1) is 0 Å². The number of hydrogen-bond donors (Lipinski definition) is 2. The molecule has 0 saturated carbocycles. The van der Waals surface area contributed by atoms with Crippen LogP contribution in [0.15, 0.2) is 0 Å². The first-order chi connectivity index (χ1) is 6.03. The van der Waals surface area contributed by atoms with E-state index in [0.29, 0.717) is 6.54 Å². The summed E-state index contributed by atoms with van der Waals surface area (Å²) in [7, 11) is 0. The predicted molar refractivity (Wildman–Crippen MR) is 43.8 cm³/mol. The molecule has 0 aromatic heterocycles. The standard InChI is InChI=1S/C8H15NO4/c1-8(2)12-5-4(3-9)11-7(10)6(5)13-8/h4-7,10H,3,9H2,1-2H3. The Morgan fingerprint density at radius 2 is 1.92 bits per heavy atom. The van der Waals surface area contributed by atoms with Crippen molar-refractivity contribution in [2.24, 2.45) is 5.73 Å². The molecule has 0 amide bonds. The molecule has 2 fully saturated rings. The molecule has 4 unspecified atom stereocenters. The van der Waals surface area contributed by atoms with Gasteiger partial charge in [0.25, 0.3) is 0 Å². The van der Waals surface area contributed by atoms with Crippen LogP contribution in [-0.2, 0) is 14.2 Å². The van der Waals surface area contributed by atoms with Gasteiger partial charge < -0.3 is 25.1 Å². The Hall–Kier alpha value is -0.200. The van der Waals surface area contributed by atoms with E-state index < -0.39 is 18.2 Å². The van der Waals surface area contributed by atoms with Crippen LogP contribution in [0.5, 0.6) is 0 Å². The maximum Gasteiger partial charge on any atom is 0.184 e. The average molecular weight is 189 g/mol. The van der Waals surface area contributed by atoms with E-state index in [1.807, 2.05) is 13.8 Å². The molecule has 0 aromatic carbocycles. The van der Waals surface area contributed by atoms with Gasteiger partial charge in [0.15, 0.2) is 12.1 Å². The summed E-state index contributed by atoms with van der Waals surface area (Å²) >= 11 is 0. The van der Waals surface area contributed by atoms with Gasteiger partial charge in [-0.25, -0.2) is 0 Å². The van der Waals surface area contributed by atoms with Crippen molar-refractivity contribution >= 4 is 0 Å². The van der Waals surface area contributed by atoms with Crippen molar-refractivity contribution in [1.29, 1.82) is 0 Å². The third kappa shape index (κ3) is 1.47. The lowest BCUT2D eigenvalue weighted by Gasteiger charge is -2.21. The first kappa shape index (κ1) is 9.36. The Balaban J connectivity index is 2.12. The van der Waals surface area contributed by atoms with Gasteiger partial charge >= 0.3 is 0 Å². The highest BCUT2D eigenvalue weighted by Crippen LogP contribution is 2.37. The zero-order chi connectivity index (χ0) is 9.64. The van der Waals surface area contributed by atoms with Gasteiger partial charge in [0.2, 0.25) is 0 Å². The summed E-state index contributed by atoms with van der Waals surface area (Å²) in [6, 6.07) is 0. The molecule has 0 aromatic rings. The van der Waals surface area contributed by atoms with E-state index in [2.05, 4.69) is 0 Å². The van der Waals surface area contributed by atoms with Crippen molar-refractivity contribution in [1.82, 2.24) is 0 Å². The van der Waals surface area contributed by atoms with Crippen LogP contribution in [0.2, 0.25) is 0 Å². The van der Waals surface area contributed by atoms with Crippen molar-refractivity contribution in [3.63, 3.8) is 0 Å². The van der Waals surface area contributed by atoms with Crippen LogP contribution in [0.4, 0.5) is 0 Å². The molecule has 76 valence electrons. The molecule has 0 aliphatic carbocycles. The molecule has 0 radical (unpaired) electrons. The first-order valence-corrected chi connectivity index (χ1v) is 4.43. The zero-order valence-corrected chi connectivity index (χ0v) is 7.77. The molecular formula is C8H15NO4. The summed E-state index contributed by atoms with van der Waals surface area (Å²) in [5.41, 5.74) is 5.47. The van der Waals surface area contributed by atoms with Crippen LogP contribution in [-0.4, -0.2) is 42.0 Å². The Labute approximate surface area is 76.8 Å². The van der Waals surface area contributed by atoms with E-state index in [1.165, 1.54) is 0 Å². The Morgan fingerprint density at radius 1 is 1.31 bits per heavy atom. The van der Waals surface area contributed by atoms with Crippen molar-refractivity contribution in [3.8, 4) is 0 Å². The highest BCUT2D eigenvalue weighted by molar-refractivity contribution is 4.94. The summed E-state index contributed by atoms with van der Waals surface area (Å²) in [5.74, 6) is -0.645. The molecule has 5 nitrogen and oxygen atoms in total. The van der Waals surface area contributed by atoms with Crippen LogP contribution >= 0.6 is 0 Å². The SMILES string of the molecule is CC1(C)OC2C(O)OC(CN)C2O1. The highest BCUT2D eigenvalue weighted by atomic mass is 16.8. The summed E-state index contributed by atoms with van der Waals surface area (Å²) in [4.78, 5) is 0. The number of aliphatic hydroxyl groups is 1. The van der Waals surface area contributed by atoms with Gasteiger partial charge in [0, 0.05) is 6.54 Å². The first-order valence-electron chi connectivity index (χ1n) is 4.43. The van der Waals surface area contributed by atoms with Gasteiger partial charge in [-0.3, -0.25) is 0 Å². The summed E-state index contributed by atoms with van der Waals surface area (Å²) in [6.45, 7) is 3.95. The third-order valence-corrected chi connectivity index (χ3v) is 2.36. The second-order valence-corrected chi connectivity index (χ2v) is 3.87. The van der Waals surface area contributed by atoms with E-state index in [4.69, 9.17) is 19.9 Å². The molecule has 3 N–H and O–H groups in total. The Bertz CT molecular complexity index is 208. The minimum absolute atomic E-state index is 0.241. The maximum absolute atomic E-state index is 9.45. The van der Waals surface area contributed by atoms with Crippen molar-refractivity contribution in [2.75, 3.05) is 6.54 Å². The number of nitrogens with two attached hydrogens (primary N) is 1. The van der Waals surface area contributed by atoms with Crippen molar-refractivity contribution in [2.45, 2.75) is 44.2 Å². The van der Waals surface area contributed by atoms with Crippen molar-refractivity contribution < 1.29 is 19.3 Å². The van der Waals surface area contributed by atoms with Gasteiger partial charge in [-0.05, 0) is 13.8 Å². The zero-order valence-electron chi connectivity index (χ0n) is 7.77. The van der Waals surface area contributed by atoms with Crippen LogP contribution in [0, 0.1) is 0 Å². The fourth-order valence-corrected chi connectivity index (χ4v) is 1.85. The smallest absolute Gasteiger partial charge is 0.184 e. The van der Waals surface area contributed by atoms with E-state index >= 15 is 0 Å². The van der Waals surface area contributed by atoms with E-state index in [9.17, 15) is 5.11 Å². The normalized spacial score (nSPS) is 48.0. The molecule has 2 rings (SSSR count). The number of fused-ring (bicyclic) bond motifs is 1. The molecule has 2 heterocycles. The summed E-state index contributed by atoms with van der Waals surface area (Å²) in [5, 5.41) is 9.45. The largest absolute Gasteiger partial charge is 0.366 e. The van der Waals surface area contributed by atoms with Crippen LogP contribution in [0.3, 0.4) is 0 Å². The van der Waals surface area contributed by atoms with Crippen LogP contribution in [0.1, 0.15) is 13.8 Å². The summed E-state index contributed by atoms with van der Waals surface area (Å²) in [6.07, 6.45) is -1.82. The van der Waals surface area contributed by atoms with Crippen LogP contribution in [0.25, 0.3) is 0 Å². The van der Waals surface area contributed by atoms with Crippen LogP contribution < -0.4 is 5.73 Å². The lowest BCUT2D eigenvalue weighted by atomic mass is 10.1. The highest BCUT2D eigenvalue weighted by Gasteiger charge is 2.54. The Morgan fingerprint density at radius 3 is 2.54 bits per heavy atom. The second-order valence-electron chi connectivity index (χ2n) is 3.87. The van der Waals surface area contributed by atoms with E-state index in [1.54, 1.807) is 0 Å². The fourth-order valence-electron chi connectivity index (χ4n) is 1.85. The molecule has 2 aliphatic heterocycles.